The molecule has 1 atom stereocenters. The monoisotopic (exact) mass is 149 g/mol. The average molecular weight is 149 g/mol. The van der Waals surface area contributed by atoms with Crippen LogP contribution >= 0.6 is 0 Å². The van der Waals surface area contributed by atoms with Gasteiger partial charge in [-0.05, 0) is 0 Å². The van der Waals surface area contributed by atoms with E-state index in [1.165, 1.54) is 6.08 Å². The van der Waals surface area contributed by atoms with Crippen LogP contribution < -0.4 is 4.72 Å². The Bertz CT molecular complexity index is 116. The van der Waals surface area contributed by atoms with Crippen LogP contribution in [0, 0.1) is 0 Å². The van der Waals surface area contributed by atoms with Crippen molar-refractivity contribution >= 4 is 16.7 Å². The van der Waals surface area contributed by atoms with Crippen molar-refractivity contribution in [3.8, 4) is 0 Å². The molecule has 0 saturated carbocycles. The normalized spacial score (nSPS) is 12.6. The number of carbonyl (C=O) groups is 1. The molecule has 4 nitrogen and oxygen atoms in total. The zero-order valence-corrected chi connectivity index (χ0v) is 5.48. The Morgan fingerprint density at radius 3 is 2.89 bits per heavy atom. The first-order valence-corrected chi connectivity index (χ1v) is 3.32. The number of hydrogen-bond acceptors (Lipinski definition) is 3. The zero-order valence-electron chi connectivity index (χ0n) is 4.66. The second kappa shape index (κ2) is 4.37. The summed E-state index contributed by atoms with van der Waals surface area (Å²) in [6, 6.07) is 0. The van der Waals surface area contributed by atoms with E-state index in [0.717, 1.165) is 0 Å². The van der Waals surface area contributed by atoms with Gasteiger partial charge in [-0.25, -0.2) is 0 Å². The fraction of sp³-hybridized carbons (Fsp3) is 0.250. The van der Waals surface area contributed by atoms with Crippen LogP contribution in [0.1, 0.15) is 0 Å². The minimum atomic E-state index is -1.98. The minimum absolute atomic E-state index is 0.235. The Balaban J connectivity index is 3.37. The van der Waals surface area contributed by atoms with Gasteiger partial charge in [0.25, 0.3) is 0 Å². The molecule has 0 bridgehead atoms. The first kappa shape index (κ1) is 8.48. The molecule has 0 aliphatic carbocycles. The lowest BCUT2D eigenvalue weighted by molar-refractivity contribution is 0.219. The van der Waals surface area contributed by atoms with Gasteiger partial charge < -0.3 is 9.66 Å². The van der Waals surface area contributed by atoms with Gasteiger partial charge in [-0.3, -0.25) is 0 Å². The highest BCUT2D eigenvalue weighted by Crippen LogP contribution is 1.83. The molecular weight excluding hydrogens is 142 g/mol. The van der Waals surface area contributed by atoms with Crippen molar-refractivity contribution in [2.45, 2.75) is 0 Å². The highest BCUT2D eigenvalue weighted by Gasteiger charge is 2.15. The van der Waals surface area contributed by atoms with Crippen LogP contribution in [-0.2, 0) is 11.4 Å². The topological polar surface area (TPSA) is 72.4 Å². The van der Waals surface area contributed by atoms with E-state index in [4.69, 9.17) is 5.11 Å². The van der Waals surface area contributed by atoms with E-state index in [0.29, 0.717) is 0 Å². The summed E-state index contributed by atoms with van der Waals surface area (Å²) in [7, 11) is 0. The first-order chi connectivity index (χ1) is 4.18. The zero-order chi connectivity index (χ0) is 7.28. The minimum Gasteiger partial charge on any atom is -0.588 e. The lowest BCUT2D eigenvalue weighted by Crippen LogP contribution is -2.29. The maximum atomic E-state index is 10.3. The maximum absolute atomic E-state index is 10.3. The summed E-state index contributed by atoms with van der Waals surface area (Å²) in [6.07, 6.45) is 1.43. The second-order valence-corrected chi connectivity index (χ2v) is 2.35. The van der Waals surface area contributed by atoms with Crippen molar-refractivity contribution < 1.29 is 14.5 Å². The number of carboxylic acid groups (broad SMARTS) is 1. The van der Waals surface area contributed by atoms with Crippen LogP contribution in [0.4, 0.5) is 4.79 Å². The summed E-state index contributed by atoms with van der Waals surface area (Å²) in [4.78, 5) is 9.81. The second-order valence-electron chi connectivity index (χ2n) is 1.17. The number of rotatable bonds is 3. The van der Waals surface area contributed by atoms with E-state index in [-0.39, 0.29) is 6.54 Å². The summed E-state index contributed by atoms with van der Waals surface area (Å²) in [5.74, 6) is 0. The van der Waals surface area contributed by atoms with Gasteiger partial charge in [0, 0.05) is 0 Å². The van der Waals surface area contributed by atoms with Crippen LogP contribution in [0.25, 0.3) is 0 Å². The standard InChI is InChI=1S/C4H7NO3S/c1-2-3-5-9(8)4(6)7/h2,5H,1,3H2,(H,6,7). The fourth-order valence-corrected chi connectivity index (χ4v) is 0.589. The Labute approximate surface area is 55.9 Å². The Kier molecular flexibility index (Phi) is 4.12. The summed E-state index contributed by atoms with van der Waals surface area (Å²) in [5, 5.41) is 6.65. The van der Waals surface area contributed by atoms with Crippen molar-refractivity contribution in [2.75, 3.05) is 6.54 Å². The molecule has 2 N–H and O–H groups in total. The molecule has 0 aliphatic heterocycles. The molecule has 1 unspecified atom stereocenters. The Morgan fingerprint density at radius 1 is 2.00 bits per heavy atom. The molecule has 0 aromatic rings. The fourth-order valence-electron chi connectivity index (χ4n) is 0.196. The molecule has 0 aliphatic rings. The largest absolute Gasteiger partial charge is 0.588 e. The van der Waals surface area contributed by atoms with Crippen LogP contribution in [0.3, 0.4) is 0 Å². The summed E-state index contributed by atoms with van der Waals surface area (Å²) in [5.41, 5.74) is 0. The van der Waals surface area contributed by atoms with Crippen LogP contribution in [0.5, 0.6) is 0 Å². The molecule has 0 rings (SSSR count). The van der Waals surface area contributed by atoms with E-state index in [2.05, 4.69) is 11.3 Å². The SMILES string of the molecule is C=CCN[S+]([O-])C(=O)O. The van der Waals surface area contributed by atoms with Gasteiger partial charge in [0.2, 0.25) is 0 Å². The summed E-state index contributed by atoms with van der Waals surface area (Å²) < 4.78 is 12.4. The Morgan fingerprint density at radius 2 is 2.56 bits per heavy atom. The molecule has 9 heavy (non-hydrogen) atoms. The molecule has 0 radical (unpaired) electrons. The van der Waals surface area contributed by atoms with Crippen molar-refractivity contribution in [2.24, 2.45) is 0 Å². The molecule has 0 amide bonds. The van der Waals surface area contributed by atoms with E-state index < -0.39 is 16.7 Å². The van der Waals surface area contributed by atoms with Gasteiger partial charge in [0.15, 0.2) is 11.4 Å². The van der Waals surface area contributed by atoms with Crippen LogP contribution in [0.2, 0.25) is 0 Å². The van der Waals surface area contributed by atoms with Crippen LogP contribution in [0.15, 0.2) is 12.7 Å². The van der Waals surface area contributed by atoms with E-state index in [1.807, 2.05) is 0 Å². The van der Waals surface area contributed by atoms with E-state index in [1.54, 1.807) is 0 Å². The molecule has 5 heteroatoms. The van der Waals surface area contributed by atoms with Gasteiger partial charge in [0.1, 0.15) is 0 Å². The van der Waals surface area contributed by atoms with Crippen molar-refractivity contribution in [1.82, 2.24) is 4.72 Å². The molecular formula is C4H7NO3S. The van der Waals surface area contributed by atoms with Gasteiger partial charge in [-0.1, -0.05) is 6.08 Å². The van der Waals surface area contributed by atoms with Crippen molar-refractivity contribution in [1.29, 1.82) is 0 Å². The molecule has 0 spiro atoms. The highest BCUT2D eigenvalue weighted by molar-refractivity contribution is 8.03. The summed E-state index contributed by atoms with van der Waals surface area (Å²) >= 11 is -1.98. The van der Waals surface area contributed by atoms with Gasteiger partial charge >= 0.3 is 5.30 Å². The number of hydrogen-bond donors (Lipinski definition) is 2. The molecule has 0 saturated heterocycles. The average Bonchev–Trinajstić information content (AvgIpc) is 1.82. The lowest BCUT2D eigenvalue weighted by Gasteiger charge is -2.00. The van der Waals surface area contributed by atoms with Crippen LogP contribution in [-0.4, -0.2) is 21.5 Å². The van der Waals surface area contributed by atoms with Crippen molar-refractivity contribution in [3.05, 3.63) is 12.7 Å². The molecule has 52 valence electrons. The first-order valence-electron chi connectivity index (χ1n) is 2.17. The predicted octanol–water partition coefficient (Wildman–Crippen LogP) is 0.104. The maximum Gasteiger partial charge on any atom is 0.542 e. The third-order valence-electron chi connectivity index (χ3n) is 0.517. The molecule has 0 heterocycles. The summed E-state index contributed by atoms with van der Waals surface area (Å²) in [6.45, 7) is 3.54. The smallest absolute Gasteiger partial charge is 0.542 e. The van der Waals surface area contributed by atoms with Gasteiger partial charge in [0.05, 0.1) is 6.54 Å². The van der Waals surface area contributed by atoms with Crippen molar-refractivity contribution in [3.63, 3.8) is 0 Å². The molecule has 0 aromatic carbocycles. The van der Waals surface area contributed by atoms with Gasteiger partial charge in [-0.2, -0.15) is 4.79 Å². The lowest BCUT2D eigenvalue weighted by atomic mass is 10.7. The van der Waals surface area contributed by atoms with E-state index in [9.17, 15) is 9.35 Å². The van der Waals surface area contributed by atoms with Gasteiger partial charge in [-0.15, -0.1) is 11.3 Å². The predicted molar refractivity (Wildman–Crippen MR) is 34.4 cm³/mol. The highest BCUT2D eigenvalue weighted by atomic mass is 32.2. The number of nitrogens with one attached hydrogen (secondary N) is 1. The quantitative estimate of drug-likeness (QED) is 0.441. The third-order valence-corrected chi connectivity index (χ3v) is 1.26. The third kappa shape index (κ3) is 4.01. The Hall–Kier alpha value is -0.520. The molecule has 0 aromatic heterocycles. The molecule has 0 fully saturated rings. The van der Waals surface area contributed by atoms with E-state index >= 15 is 0 Å².